The predicted molar refractivity (Wildman–Crippen MR) is 67.4 cm³/mol. The van der Waals surface area contributed by atoms with Crippen molar-refractivity contribution in [1.82, 2.24) is 0 Å². The summed E-state index contributed by atoms with van der Waals surface area (Å²) in [6.07, 6.45) is 4.48. The number of aliphatic hydroxyl groups is 1. The highest BCUT2D eigenvalue weighted by molar-refractivity contribution is 5.29. The highest BCUT2D eigenvalue weighted by atomic mass is 16.3. The third-order valence-corrected chi connectivity index (χ3v) is 3.82. The van der Waals surface area contributed by atoms with Gasteiger partial charge in [0, 0.05) is 0 Å². The van der Waals surface area contributed by atoms with Gasteiger partial charge in [-0.05, 0) is 35.8 Å². The molecule has 1 unspecified atom stereocenters. The van der Waals surface area contributed by atoms with Gasteiger partial charge < -0.3 is 5.11 Å². The molecular weight excluding hydrogens is 196 g/mol. The third kappa shape index (κ3) is 2.46. The third-order valence-electron chi connectivity index (χ3n) is 3.82. The smallest absolute Gasteiger partial charge is 0.0818 e. The van der Waals surface area contributed by atoms with E-state index in [9.17, 15) is 5.11 Å². The van der Waals surface area contributed by atoms with Crippen LogP contribution in [0.5, 0.6) is 0 Å². The molecule has 1 atom stereocenters. The quantitative estimate of drug-likeness (QED) is 0.791. The van der Waals surface area contributed by atoms with Gasteiger partial charge in [-0.2, -0.15) is 0 Å². The molecule has 16 heavy (non-hydrogen) atoms. The second-order valence-electron chi connectivity index (χ2n) is 4.96. The molecule has 0 bridgehead atoms. The average Bonchev–Trinajstić information content (AvgIpc) is 3.15. The Morgan fingerprint density at radius 2 is 1.69 bits per heavy atom. The first-order valence-corrected chi connectivity index (χ1v) is 6.54. The summed E-state index contributed by atoms with van der Waals surface area (Å²) in [5, 5.41) is 10.2. The fourth-order valence-corrected chi connectivity index (χ4v) is 2.39. The van der Waals surface area contributed by atoms with E-state index < -0.39 is 0 Å². The SMILES string of the molecule is CCC(CC)C(O)c1ccc(C2CC2)cc1. The standard InChI is InChI=1S/C15H22O/c1-3-11(4-2)15(16)14-9-7-13(8-10-14)12-5-6-12/h7-12,15-16H,3-6H2,1-2H3. The molecule has 0 radical (unpaired) electrons. The number of rotatable bonds is 5. The molecular formula is C15H22O. The van der Waals surface area contributed by atoms with Crippen molar-refractivity contribution in [2.24, 2.45) is 5.92 Å². The lowest BCUT2D eigenvalue weighted by Crippen LogP contribution is -2.10. The van der Waals surface area contributed by atoms with Crippen LogP contribution in [0.4, 0.5) is 0 Å². The first-order chi connectivity index (χ1) is 7.76. The van der Waals surface area contributed by atoms with E-state index in [1.54, 1.807) is 0 Å². The van der Waals surface area contributed by atoms with Gasteiger partial charge in [0.05, 0.1) is 6.10 Å². The highest BCUT2D eigenvalue weighted by Crippen LogP contribution is 2.40. The van der Waals surface area contributed by atoms with Gasteiger partial charge in [-0.25, -0.2) is 0 Å². The van der Waals surface area contributed by atoms with Crippen LogP contribution in [0, 0.1) is 5.92 Å². The van der Waals surface area contributed by atoms with Gasteiger partial charge in [-0.15, -0.1) is 0 Å². The minimum absolute atomic E-state index is 0.289. The molecule has 1 aliphatic rings. The van der Waals surface area contributed by atoms with Crippen molar-refractivity contribution in [3.8, 4) is 0 Å². The van der Waals surface area contributed by atoms with E-state index in [0.717, 1.165) is 24.3 Å². The van der Waals surface area contributed by atoms with E-state index >= 15 is 0 Å². The average molecular weight is 218 g/mol. The fraction of sp³-hybridized carbons (Fsp3) is 0.600. The fourth-order valence-electron chi connectivity index (χ4n) is 2.39. The van der Waals surface area contributed by atoms with Gasteiger partial charge in [0.15, 0.2) is 0 Å². The zero-order chi connectivity index (χ0) is 11.5. The molecule has 0 aliphatic heterocycles. The van der Waals surface area contributed by atoms with Crippen molar-refractivity contribution in [3.63, 3.8) is 0 Å². The van der Waals surface area contributed by atoms with Crippen LogP contribution in [0.3, 0.4) is 0 Å². The minimum atomic E-state index is -0.289. The largest absolute Gasteiger partial charge is 0.388 e. The van der Waals surface area contributed by atoms with Crippen molar-refractivity contribution in [1.29, 1.82) is 0 Å². The molecule has 0 saturated heterocycles. The minimum Gasteiger partial charge on any atom is -0.388 e. The first kappa shape index (κ1) is 11.7. The summed E-state index contributed by atoms with van der Waals surface area (Å²) in [6, 6.07) is 8.60. The Labute approximate surface area is 98.5 Å². The molecule has 88 valence electrons. The number of hydrogen-bond donors (Lipinski definition) is 1. The molecule has 1 aliphatic carbocycles. The second-order valence-corrected chi connectivity index (χ2v) is 4.96. The Morgan fingerprint density at radius 1 is 1.12 bits per heavy atom. The van der Waals surface area contributed by atoms with Crippen LogP contribution in [0.2, 0.25) is 0 Å². The van der Waals surface area contributed by atoms with Gasteiger partial charge in [-0.3, -0.25) is 0 Å². The normalized spacial score (nSPS) is 17.8. The molecule has 1 heteroatoms. The molecule has 0 aromatic heterocycles. The van der Waals surface area contributed by atoms with E-state index in [1.807, 2.05) is 0 Å². The Bertz CT molecular complexity index is 320. The van der Waals surface area contributed by atoms with Crippen LogP contribution in [0.1, 0.15) is 62.7 Å². The van der Waals surface area contributed by atoms with Crippen molar-refractivity contribution in [3.05, 3.63) is 35.4 Å². The molecule has 1 fully saturated rings. The topological polar surface area (TPSA) is 20.2 Å². The molecule has 1 saturated carbocycles. The monoisotopic (exact) mass is 218 g/mol. The molecule has 0 amide bonds. The molecule has 2 rings (SSSR count). The van der Waals surface area contributed by atoms with Crippen LogP contribution in [-0.2, 0) is 0 Å². The summed E-state index contributed by atoms with van der Waals surface area (Å²) in [5.41, 5.74) is 2.53. The van der Waals surface area contributed by atoms with Gasteiger partial charge in [0.25, 0.3) is 0 Å². The van der Waals surface area contributed by atoms with E-state index in [-0.39, 0.29) is 6.10 Å². The van der Waals surface area contributed by atoms with Gasteiger partial charge in [-0.1, -0.05) is 51.0 Å². The summed E-state index contributed by atoms with van der Waals surface area (Å²) >= 11 is 0. The first-order valence-electron chi connectivity index (χ1n) is 6.54. The van der Waals surface area contributed by atoms with Crippen LogP contribution < -0.4 is 0 Å². The number of hydrogen-bond acceptors (Lipinski definition) is 1. The van der Waals surface area contributed by atoms with Crippen molar-refractivity contribution in [2.45, 2.75) is 51.6 Å². The molecule has 1 N–H and O–H groups in total. The Hall–Kier alpha value is -0.820. The number of aliphatic hydroxyl groups excluding tert-OH is 1. The predicted octanol–water partition coefficient (Wildman–Crippen LogP) is 4.03. The van der Waals surface area contributed by atoms with Crippen LogP contribution in [0.25, 0.3) is 0 Å². The lowest BCUT2D eigenvalue weighted by molar-refractivity contribution is 0.103. The van der Waals surface area contributed by atoms with Crippen molar-refractivity contribution >= 4 is 0 Å². The molecule has 1 aromatic carbocycles. The summed E-state index contributed by atoms with van der Waals surface area (Å²) < 4.78 is 0. The van der Waals surface area contributed by atoms with E-state index in [1.165, 1.54) is 18.4 Å². The maximum atomic E-state index is 10.2. The van der Waals surface area contributed by atoms with Crippen LogP contribution >= 0.6 is 0 Å². The maximum Gasteiger partial charge on any atom is 0.0818 e. The van der Waals surface area contributed by atoms with Crippen molar-refractivity contribution < 1.29 is 5.11 Å². The van der Waals surface area contributed by atoms with E-state index in [2.05, 4.69) is 38.1 Å². The Morgan fingerprint density at radius 3 is 2.12 bits per heavy atom. The second kappa shape index (κ2) is 5.01. The highest BCUT2D eigenvalue weighted by Gasteiger charge is 2.24. The Balaban J connectivity index is 2.07. The van der Waals surface area contributed by atoms with E-state index in [0.29, 0.717) is 5.92 Å². The lowest BCUT2D eigenvalue weighted by Gasteiger charge is -2.20. The molecule has 0 spiro atoms. The summed E-state index contributed by atoms with van der Waals surface area (Å²) in [6.45, 7) is 4.30. The van der Waals surface area contributed by atoms with E-state index in [4.69, 9.17) is 0 Å². The van der Waals surface area contributed by atoms with Crippen LogP contribution in [-0.4, -0.2) is 5.11 Å². The lowest BCUT2D eigenvalue weighted by atomic mass is 9.91. The van der Waals surface area contributed by atoms with Gasteiger partial charge >= 0.3 is 0 Å². The zero-order valence-electron chi connectivity index (χ0n) is 10.3. The summed E-state index contributed by atoms with van der Waals surface area (Å²) in [7, 11) is 0. The van der Waals surface area contributed by atoms with Crippen molar-refractivity contribution in [2.75, 3.05) is 0 Å². The van der Waals surface area contributed by atoms with Gasteiger partial charge in [0.1, 0.15) is 0 Å². The summed E-state index contributed by atoms with van der Waals surface area (Å²) in [5.74, 6) is 1.20. The molecule has 0 heterocycles. The molecule has 1 nitrogen and oxygen atoms in total. The Kier molecular flexibility index (Phi) is 3.65. The summed E-state index contributed by atoms with van der Waals surface area (Å²) in [4.78, 5) is 0. The maximum absolute atomic E-state index is 10.2. The zero-order valence-corrected chi connectivity index (χ0v) is 10.3. The van der Waals surface area contributed by atoms with Gasteiger partial charge in [0.2, 0.25) is 0 Å². The molecule has 1 aromatic rings. The van der Waals surface area contributed by atoms with Crippen LogP contribution in [0.15, 0.2) is 24.3 Å². The number of benzene rings is 1.